The Balaban J connectivity index is 1.98. The van der Waals surface area contributed by atoms with E-state index in [1.807, 2.05) is 52.5 Å². The number of hydrogen-bond acceptors (Lipinski definition) is 7. The average molecular weight is 561 g/mol. The highest BCUT2D eigenvalue weighted by Gasteiger charge is 2.19. The quantitative estimate of drug-likeness (QED) is 0.207. The van der Waals surface area contributed by atoms with Crippen LogP contribution in [0.1, 0.15) is 105 Å². The number of alkyl carbamates (subject to hydrolysis) is 2. The van der Waals surface area contributed by atoms with E-state index >= 15 is 0 Å². The van der Waals surface area contributed by atoms with Crippen molar-refractivity contribution in [3.05, 3.63) is 23.8 Å². The lowest BCUT2D eigenvalue weighted by molar-refractivity contribution is 0.0520. The number of amides is 2. The van der Waals surface area contributed by atoms with E-state index in [4.69, 9.17) is 13.9 Å². The first kappa shape index (κ1) is 33.2. The molecule has 0 radical (unpaired) electrons. The summed E-state index contributed by atoms with van der Waals surface area (Å²) in [5.74, 6) is 0. The summed E-state index contributed by atoms with van der Waals surface area (Å²) in [6, 6.07) is 6.63. The van der Waals surface area contributed by atoms with E-state index < -0.39 is 23.4 Å². The first-order valence-corrected chi connectivity index (χ1v) is 14.9. The zero-order valence-corrected chi connectivity index (χ0v) is 25.9. The van der Waals surface area contributed by atoms with Crippen molar-refractivity contribution >= 4 is 29.3 Å². The molecule has 0 saturated carbocycles. The molecular weight excluding hydrogens is 508 g/mol. The Kier molecular flexibility index (Phi) is 13.6. The van der Waals surface area contributed by atoms with Crippen molar-refractivity contribution in [3.8, 4) is 0 Å². The highest BCUT2D eigenvalue weighted by atomic mass is 16.6. The zero-order chi connectivity index (χ0) is 29.6. The molecule has 2 rings (SSSR count). The number of fused-ring (bicyclic) bond motifs is 1. The molecule has 0 aliphatic rings. The van der Waals surface area contributed by atoms with Gasteiger partial charge in [-0.05, 0) is 72.1 Å². The fraction of sp³-hybridized carbons (Fsp3) is 0.710. The number of aromatic nitrogens is 1. The summed E-state index contributed by atoms with van der Waals surface area (Å²) in [5.41, 5.74) is 1.60. The maximum Gasteiger partial charge on any atom is 0.407 e. The molecule has 2 N–H and O–H groups in total. The van der Waals surface area contributed by atoms with Gasteiger partial charge in [0.2, 0.25) is 0 Å². The van der Waals surface area contributed by atoms with Crippen LogP contribution in [0.5, 0.6) is 0 Å². The van der Waals surface area contributed by atoms with Gasteiger partial charge in [0, 0.05) is 26.2 Å². The van der Waals surface area contributed by atoms with Crippen molar-refractivity contribution in [2.45, 2.75) is 117 Å². The van der Waals surface area contributed by atoms with E-state index in [0.717, 1.165) is 17.5 Å². The Bertz CT molecular complexity index is 1000. The number of carbonyl (C=O) groups excluding carboxylic acids is 2. The van der Waals surface area contributed by atoms with Gasteiger partial charge in [-0.15, -0.1) is 0 Å². The molecule has 9 heteroatoms. The van der Waals surface area contributed by atoms with Crippen molar-refractivity contribution < 1.29 is 23.5 Å². The molecule has 1 heterocycles. The van der Waals surface area contributed by atoms with Gasteiger partial charge < -0.3 is 29.4 Å². The molecular formula is C31H52N4O5. The maximum atomic E-state index is 12.1. The summed E-state index contributed by atoms with van der Waals surface area (Å²) in [5, 5.41) is 5.55. The first-order valence-electron chi connectivity index (χ1n) is 14.9. The minimum atomic E-state index is -0.576. The number of unbranched alkanes of at least 4 members (excludes halogenated alkanes) is 7. The number of benzene rings is 1. The van der Waals surface area contributed by atoms with Crippen LogP contribution < -0.4 is 15.5 Å². The fourth-order valence-electron chi connectivity index (χ4n) is 4.23. The fourth-order valence-corrected chi connectivity index (χ4v) is 4.23. The van der Waals surface area contributed by atoms with Crippen molar-refractivity contribution in [2.24, 2.45) is 0 Å². The largest absolute Gasteiger partial charge is 0.444 e. The van der Waals surface area contributed by atoms with Crippen LogP contribution in [0.25, 0.3) is 11.1 Å². The monoisotopic (exact) mass is 560 g/mol. The van der Waals surface area contributed by atoms with Crippen LogP contribution in [0, 0.1) is 0 Å². The van der Waals surface area contributed by atoms with Crippen molar-refractivity contribution in [1.29, 1.82) is 0 Å². The number of rotatable bonds is 16. The molecule has 226 valence electrons. The highest BCUT2D eigenvalue weighted by molar-refractivity contribution is 5.75. The van der Waals surface area contributed by atoms with Crippen LogP contribution in [0.3, 0.4) is 0 Å². The van der Waals surface area contributed by atoms with E-state index in [-0.39, 0.29) is 0 Å². The predicted octanol–water partition coefficient (Wildman–Crippen LogP) is 7.37. The van der Waals surface area contributed by atoms with Crippen molar-refractivity contribution in [2.75, 3.05) is 31.1 Å². The molecule has 0 bridgehead atoms. The molecule has 1 aromatic carbocycles. The van der Waals surface area contributed by atoms with E-state index in [1.165, 1.54) is 56.9 Å². The summed E-state index contributed by atoms with van der Waals surface area (Å²) in [6.45, 7) is 14.7. The highest BCUT2D eigenvalue weighted by Crippen LogP contribution is 2.24. The Morgan fingerprint density at radius 3 is 1.88 bits per heavy atom. The molecule has 0 saturated heterocycles. The van der Waals surface area contributed by atoms with Gasteiger partial charge in [0.05, 0.1) is 0 Å². The molecule has 0 unspecified atom stereocenters. The number of aryl methyl sites for hydroxylation is 1. The lowest BCUT2D eigenvalue weighted by Crippen LogP contribution is -2.42. The number of oxazole rings is 1. The molecule has 1 aromatic heterocycles. The van der Waals surface area contributed by atoms with Crippen LogP contribution in [-0.2, 0) is 15.9 Å². The van der Waals surface area contributed by atoms with Gasteiger partial charge in [0.1, 0.15) is 16.7 Å². The third-order valence-electron chi connectivity index (χ3n) is 6.13. The van der Waals surface area contributed by atoms with Crippen LogP contribution in [0.15, 0.2) is 22.6 Å². The molecule has 2 aromatic rings. The average Bonchev–Trinajstić information content (AvgIpc) is 3.26. The van der Waals surface area contributed by atoms with Crippen LogP contribution in [0.2, 0.25) is 0 Å². The second-order valence-corrected chi connectivity index (χ2v) is 12.4. The molecule has 0 fully saturated rings. The molecule has 0 aliphatic carbocycles. The molecule has 0 spiro atoms. The normalized spacial score (nSPS) is 11.9. The third kappa shape index (κ3) is 13.9. The van der Waals surface area contributed by atoms with Gasteiger partial charge >= 0.3 is 12.2 Å². The number of nitrogens with one attached hydrogen (secondary N) is 2. The SMILES string of the molecule is CCCCCCCCCCc1ccc2nc(N(CCNC(=O)OC(C)(C)C)CCNC(=O)OC(C)(C)C)oc2c1. The molecule has 9 nitrogen and oxygen atoms in total. The molecule has 0 atom stereocenters. The number of carbonyl (C=O) groups is 2. The number of anilines is 1. The van der Waals surface area contributed by atoms with Crippen LogP contribution >= 0.6 is 0 Å². The number of nitrogens with zero attached hydrogens (tertiary/aromatic N) is 2. The van der Waals surface area contributed by atoms with E-state index in [1.54, 1.807) is 0 Å². The third-order valence-corrected chi connectivity index (χ3v) is 6.13. The van der Waals surface area contributed by atoms with Gasteiger partial charge in [-0.25, -0.2) is 9.59 Å². The van der Waals surface area contributed by atoms with E-state index in [9.17, 15) is 9.59 Å². The lowest BCUT2D eigenvalue weighted by atomic mass is 10.0. The van der Waals surface area contributed by atoms with Crippen LogP contribution in [0.4, 0.5) is 15.6 Å². The Hall–Kier alpha value is -2.97. The predicted molar refractivity (Wildman–Crippen MR) is 161 cm³/mol. The van der Waals surface area contributed by atoms with Gasteiger partial charge in [-0.3, -0.25) is 0 Å². The van der Waals surface area contributed by atoms with Crippen molar-refractivity contribution in [3.63, 3.8) is 0 Å². The van der Waals surface area contributed by atoms with Crippen LogP contribution in [-0.4, -0.2) is 54.6 Å². The Labute approximate surface area is 240 Å². The minimum Gasteiger partial charge on any atom is -0.444 e. The second kappa shape index (κ2) is 16.3. The Morgan fingerprint density at radius 2 is 1.35 bits per heavy atom. The Morgan fingerprint density at radius 1 is 0.825 bits per heavy atom. The van der Waals surface area contributed by atoms with Gasteiger partial charge in [0.25, 0.3) is 6.01 Å². The maximum absolute atomic E-state index is 12.1. The standard InChI is InChI=1S/C31H52N4O5/c1-8-9-10-11-12-13-14-15-16-24-17-18-25-26(23-24)38-27(34-25)35(21-19-32-28(36)39-30(2,3)4)22-20-33-29(37)40-31(5,6)7/h17-18,23H,8-16,19-22H2,1-7H3,(H,32,36)(H,33,37). The molecule has 40 heavy (non-hydrogen) atoms. The van der Waals surface area contributed by atoms with Crippen molar-refractivity contribution in [1.82, 2.24) is 15.6 Å². The zero-order valence-electron chi connectivity index (χ0n) is 25.9. The van der Waals surface area contributed by atoms with Gasteiger partial charge in [-0.1, -0.05) is 57.9 Å². The van der Waals surface area contributed by atoms with Gasteiger partial charge in [0.15, 0.2) is 5.58 Å². The summed E-state index contributed by atoms with van der Waals surface area (Å²) in [7, 11) is 0. The molecule has 0 aliphatic heterocycles. The number of hydrogen-bond donors (Lipinski definition) is 2. The minimum absolute atomic E-state index is 0.323. The first-order chi connectivity index (χ1) is 18.9. The van der Waals surface area contributed by atoms with Gasteiger partial charge in [-0.2, -0.15) is 4.98 Å². The molecule has 2 amide bonds. The summed E-state index contributed by atoms with van der Waals surface area (Å²) in [6.07, 6.45) is 10.4. The smallest absolute Gasteiger partial charge is 0.407 e. The summed E-state index contributed by atoms with van der Waals surface area (Å²) in [4.78, 5) is 30.8. The van der Waals surface area contributed by atoms with E-state index in [0.29, 0.717) is 32.2 Å². The topological polar surface area (TPSA) is 106 Å². The van der Waals surface area contributed by atoms with E-state index in [2.05, 4.69) is 34.7 Å². The second-order valence-electron chi connectivity index (χ2n) is 12.4. The lowest BCUT2D eigenvalue weighted by Gasteiger charge is -2.23. The summed E-state index contributed by atoms with van der Waals surface area (Å²) >= 11 is 0. The summed E-state index contributed by atoms with van der Waals surface area (Å²) < 4.78 is 16.8. The number of ether oxygens (including phenoxy) is 2.